The van der Waals surface area contributed by atoms with E-state index in [-0.39, 0.29) is 52.8 Å². The highest BCUT2D eigenvalue weighted by atomic mass is 16.3. The molecule has 2 aromatic carbocycles. The first kappa shape index (κ1) is 16.5. The second kappa shape index (κ2) is 5.20. The van der Waals surface area contributed by atoms with Gasteiger partial charge in [-0.15, -0.1) is 0 Å². The molecule has 3 aliphatic rings. The van der Waals surface area contributed by atoms with Crippen molar-refractivity contribution in [2.45, 2.75) is 30.6 Å². The van der Waals surface area contributed by atoms with Crippen LogP contribution >= 0.6 is 0 Å². The summed E-state index contributed by atoms with van der Waals surface area (Å²) in [5.74, 6) is 0.244. The normalized spacial score (nSPS) is 32.7. The summed E-state index contributed by atoms with van der Waals surface area (Å²) in [4.78, 5) is 0. The van der Waals surface area contributed by atoms with Gasteiger partial charge in [-0.3, -0.25) is 0 Å². The zero-order valence-electron chi connectivity index (χ0n) is 14.9. The summed E-state index contributed by atoms with van der Waals surface area (Å²) in [6, 6.07) is 6.36. The van der Waals surface area contributed by atoms with Gasteiger partial charge >= 0.3 is 0 Å². The zero-order valence-corrected chi connectivity index (χ0v) is 14.9. The number of aliphatic hydroxyl groups excluding tert-OH is 1. The maximum absolute atomic E-state index is 10.6. The summed E-state index contributed by atoms with van der Waals surface area (Å²) in [5.41, 5.74) is 3.39. The van der Waals surface area contributed by atoms with Gasteiger partial charge in [-0.2, -0.15) is 0 Å². The van der Waals surface area contributed by atoms with Crippen molar-refractivity contribution >= 4 is 0 Å². The molecule has 5 rings (SSSR count). The lowest BCUT2D eigenvalue weighted by atomic mass is 9.53. The molecule has 5 N–H and O–H groups in total. The highest BCUT2D eigenvalue weighted by Gasteiger charge is 2.68. The van der Waals surface area contributed by atoms with E-state index in [2.05, 4.69) is 6.92 Å². The summed E-state index contributed by atoms with van der Waals surface area (Å²) in [5, 5.41) is 50.1. The molecule has 5 atom stereocenters. The molecule has 1 saturated carbocycles. The van der Waals surface area contributed by atoms with Crippen LogP contribution in [-0.4, -0.2) is 32.1 Å². The number of phenols is 4. The first-order valence-corrected chi connectivity index (χ1v) is 9.29. The minimum Gasteiger partial charge on any atom is -0.508 e. The Morgan fingerprint density at radius 3 is 2.48 bits per heavy atom. The van der Waals surface area contributed by atoms with E-state index in [4.69, 9.17) is 0 Å². The van der Waals surface area contributed by atoms with Gasteiger partial charge in [0.15, 0.2) is 11.5 Å². The Morgan fingerprint density at radius 2 is 1.74 bits per heavy atom. The first-order chi connectivity index (χ1) is 12.9. The minimum atomic E-state index is -0.280. The van der Waals surface area contributed by atoms with Crippen molar-refractivity contribution < 1.29 is 25.5 Å². The third-order valence-corrected chi connectivity index (χ3v) is 6.99. The van der Waals surface area contributed by atoms with Crippen LogP contribution < -0.4 is 0 Å². The fraction of sp³-hybridized carbons (Fsp3) is 0.364. The van der Waals surface area contributed by atoms with Crippen molar-refractivity contribution in [3.63, 3.8) is 0 Å². The average molecular weight is 366 g/mol. The Hall–Kier alpha value is -2.66. The van der Waals surface area contributed by atoms with Crippen LogP contribution in [0.15, 0.2) is 36.4 Å². The molecular formula is C22H22O5. The number of aliphatic hydroxyl groups is 1. The smallest absolute Gasteiger partial charge is 0.157 e. The number of phenolic OH excluding ortho intramolecular Hbond substituents is 4. The van der Waals surface area contributed by atoms with Crippen molar-refractivity contribution in [1.82, 2.24) is 0 Å². The quantitative estimate of drug-likeness (QED) is 0.415. The highest BCUT2D eigenvalue weighted by molar-refractivity contribution is 5.72. The molecule has 1 spiro atoms. The Labute approximate surface area is 156 Å². The monoisotopic (exact) mass is 366 g/mol. The highest BCUT2D eigenvalue weighted by Crippen LogP contribution is 2.77. The van der Waals surface area contributed by atoms with E-state index < -0.39 is 0 Å². The second-order valence-electron chi connectivity index (χ2n) is 8.22. The van der Waals surface area contributed by atoms with Gasteiger partial charge in [0.05, 0.1) is 6.61 Å². The fourth-order valence-electron chi connectivity index (χ4n) is 6.27. The molecule has 0 bridgehead atoms. The number of aromatic hydroxyl groups is 4. The van der Waals surface area contributed by atoms with Crippen molar-refractivity contribution in [3.05, 3.63) is 58.7 Å². The molecular weight excluding hydrogens is 344 g/mol. The van der Waals surface area contributed by atoms with E-state index in [1.165, 1.54) is 6.07 Å². The fourth-order valence-corrected chi connectivity index (χ4v) is 6.27. The molecule has 0 amide bonds. The van der Waals surface area contributed by atoms with Crippen molar-refractivity contribution in [1.29, 1.82) is 0 Å². The predicted molar refractivity (Wildman–Crippen MR) is 99.3 cm³/mol. The van der Waals surface area contributed by atoms with E-state index in [1.54, 1.807) is 24.3 Å². The number of hydrogen-bond acceptors (Lipinski definition) is 5. The predicted octanol–water partition coefficient (Wildman–Crippen LogP) is 3.19. The molecule has 5 nitrogen and oxygen atoms in total. The lowest BCUT2D eigenvalue weighted by Crippen LogP contribution is -2.42. The van der Waals surface area contributed by atoms with Gasteiger partial charge in [0.2, 0.25) is 0 Å². The SMILES string of the molecule is CC1CC23c4cc(O)c(O)cc4C2c2c(O)cc(O)cc2C3C1C=CCO. The van der Waals surface area contributed by atoms with Crippen molar-refractivity contribution in [2.24, 2.45) is 11.8 Å². The maximum atomic E-state index is 10.6. The van der Waals surface area contributed by atoms with E-state index in [9.17, 15) is 25.5 Å². The zero-order chi connectivity index (χ0) is 19.1. The van der Waals surface area contributed by atoms with Crippen LogP contribution in [0.4, 0.5) is 0 Å². The lowest BCUT2D eigenvalue weighted by Gasteiger charge is -2.49. The molecule has 5 unspecified atom stereocenters. The Morgan fingerprint density at radius 1 is 1.00 bits per heavy atom. The lowest BCUT2D eigenvalue weighted by molar-refractivity contribution is 0.302. The van der Waals surface area contributed by atoms with Gasteiger partial charge in [-0.25, -0.2) is 0 Å². The molecule has 140 valence electrons. The summed E-state index contributed by atoms with van der Waals surface area (Å²) < 4.78 is 0. The minimum absolute atomic E-state index is 0.0295. The second-order valence-corrected chi connectivity index (χ2v) is 8.22. The molecule has 0 radical (unpaired) electrons. The van der Waals surface area contributed by atoms with E-state index >= 15 is 0 Å². The number of fused-ring (bicyclic) bond motifs is 5. The summed E-state index contributed by atoms with van der Waals surface area (Å²) in [6.07, 6.45) is 4.66. The van der Waals surface area contributed by atoms with Crippen LogP contribution in [0.5, 0.6) is 23.0 Å². The standard InChI is InChI=1S/C22H22O5/c1-10-9-22-15-8-17(26)16(25)7-13(15)21(22)19-14(5-11(24)6-18(19)27)20(22)12(10)3-2-4-23/h2-3,5-8,10,12,20-21,23-27H,4,9H2,1H3. The molecule has 1 fully saturated rings. The van der Waals surface area contributed by atoms with Gasteiger partial charge < -0.3 is 25.5 Å². The molecule has 3 aliphatic carbocycles. The number of benzene rings is 2. The van der Waals surface area contributed by atoms with Gasteiger partial charge in [-0.1, -0.05) is 19.1 Å². The number of allylic oxidation sites excluding steroid dienone is 1. The van der Waals surface area contributed by atoms with Crippen molar-refractivity contribution in [2.75, 3.05) is 6.61 Å². The van der Waals surface area contributed by atoms with Crippen LogP contribution in [0, 0.1) is 11.8 Å². The topological polar surface area (TPSA) is 101 Å². The summed E-state index contributed by atoms with van der Waals surface area (Å²) in [7, 11) is 0. The third-order valence-electron chi connectivity index (χ3n) is 6.99. The molecule has 0 aromatic heterocycles. The molecule has 2 aromatic rings. The Balaban J connectivity index is 1.80. The van der Waals surface area contributed by atoms with Crippen LogP contribution in [0.2, 0.25) is 0 Å². The first-order valence-electron chi connectivity index (χ1n) is 9.29. The largest absolute Gasteiger partial charge is 0.508 e. The number of rotatable bonds is 2. The van der Waals surface area contributed by atoms with E-state index in [0.29, 0.717) is 5.92 Å². The van der Waals surface area contributed by atoms with Gasteiger partial charge in [-0.05, 0) is 53.1 Å². The maximum Gasteiger partial charge on any atom is 0.157 e. The molecule has 0 heterocycles. The third kappa shape index (κ3) is 1.82. The molecule has 0 saturated heterocycles. The number of hydrogen-bond donors (Lipinski definition) is 5. The van der Waals surface area contributed by atoms with Gasteiger partial charge in [0, 0.05) is 28.9 Å². The van der Waals surface area contributed by atoms with Crippen LogP contribution in [-0.2, 0) is 5.41 Å². The molecule has 27 heavy (non-hydrogen) atoms. The summed E-state index contributed by atoms with van der Waals surface area (Å²) >= 11 is 0. The van der Waals surface area contributed by atoms with Crippen LogP contribution in [0.1, 0.15) is 47.4 Å². The summed E-state index contributed by atoms with van der Waals surface area (Å²) in [6.45, 7) is 2.15. The van der Waals surface area contributed by atoms with Crippen LogP contribution in [0.25, 0.3) is 0 Å². The van der Waals surface area contributed by atoms with Gasteiger partial charge in [0.1, 0.15) is 11.5 Å². The molecule has 5 heteroatoms. The van der Waals surface area contributed by atoms with E-state index in [0.717, 1.165) is 28.7 Å². The molecule has 0 aliphatic heterocycles. The van der Waals surface area contributed by atoms with E-state index in [1.807, 2.05) is 6.08 Å². The Bertz CT molecular complexity index is 995. The van der Waals surface area contributed by atoms with Crippen LogP contribution in [0.3, 0.4) is 0 Å². The van der Waals surface area contributed by atoms with Crippen molar-refractivity contribution in [3.8, 4) is 23.0 Å². The Kier molecular flexibility index (Phi) is 3.18. The average Bonchev–Trinajstić information content (AvgIpc) is 3.04. The van der Waals surface area contributed by atoms with Gasteiger partial charge in [0.25, 0.3) is 0 Å².